The number of allylic oxidation sites excluding steroid dienone is 4. The summed E-state index contributed by atoms with van der Waals surface area (Å²) in [5.41, 5.74) is 15.8. The highest BCUT2D eigenvalue weighted by molar-refractivity contribution is 6.11. The maximum absolute atomic E-state index is 2.48. The second kappa shape index (κ2) is 12.8. The van der Waals surface area contributed by atoms with Gasteiger partial charge in [0.25, 0.3) is 0 Å². The Bertz CT molecular complexity index is 2690. The van der Waals surface area contributed by atoms with E-state index >= 15 is 0 Å². The Balaban J connectivity index is 1.08. The predicted octanol–water partition coefficient (Wildman–Crippen LogP) is 14.2. The van der Waals surface area contributed by atoms with Gasteiger partial charge in [0, 0.05) is 44.6 Å². The highest BCUT2D eigenvalue weighted by Gasteiger charge is 2.37. The molecule has 2 heterocycles. The second-order valence-electron chi connectivity index (χ2n) is 14.9. The van der Waals surface area contributed by atoms with Crippen molar-refractivity contribution < 1.29 is 0 Å². The maximum Gasteiger partial charge on any atom is 0.0539 e. The molecule has 1 aliphatic heterocycles. The molecule has 0 unspecified atom stereocenters. The molecule has 0 saturated heterocycles. The molecule has 0 fully saturated rings. The molecule has 0 bridgehead atoms. The molecule has 0 saturated carbocycles. The van der Waals surface area contributed by atoms with E-state index in [1.54, 1.807) is 0 Å². The van der Waals surface area contributed by atoms with Gasteiger partial charge >= 0.3 is 0 Å². The smallest absolute Gasteiger partial charge is 0.0539 e. The van der Waals surface area contributed by atoms with E-state index in [1.165, 1.54) is 66.8 Å². The maximum atomic E-state index is 2.48. The van der Waals surface area contributed by atoms with Crippen LogP contribution in [0.2, 0.25) is 0 Å². The first kappa shape index (κ1) is 32.1. The summed E-state index contributed by atoms with van der Waals surface area (Å²) >= 11 is 0. The fourth-order valence-corrected chi connectivity index (χ4v) is 8.75. The number of fused-ring (bicyclic) bond motifs is 5. The number of nitrogens with zero attached hydrogens (tertiary/aromatic N) is 3. The molecule has 8 aromatic rings. The van der Waals surface area contributed by atoms with Gasteiger partial charge in [0.1, 0.15) is 0 Å². The van der Waals surface area contributed by atoms with E-state index in [1.807, 2.05) is 0 Å². The van der Waals surface area contributed by atoms with Gasteiger partial charge in [-0.3, -0.25) is 0 Å². The fourth-order valence-electron chi connectivity index (χ4n) is 8.75. The van der Waals surface area contributed by atoms with Crippen LogP contribution in [0.1, 0.15) is 37.8 Å². The third-order valence-electron chi connectivity index (χ3n) is 11.4. The molecule has 2 aliphatic rings. The first-order chi connectivity index (χ1) is 26.6. The topological polar surface area (TPSA) is 11.4 Å². The number of benzene rings is 7. The molecule has 0 radical (unpaired) electrons. The quantitative estimate of drug-likeness (QED) is 0.172. The summed E-state index contributed by atoms with van der Waals surface area (Å²) in [7, 11) is 0. The average Bonchev–Trinajstić information content (AvgIpc) is 3.56. The van der Waals surface area contributed by atoms with E-state index in [-0.39, 0.29) is 5.41 Å². The Hall–Kier alpha value is -6.58. The molecule has 0 atom stereocenters. The summed E-state index contributed by atoms with van der Waals surface area (Å²) in [6.07, 6.45) is 8.84. The van der Waals surface area contributed by atoms with Crippen molar-refractivity contribution in [2.45, 2.75) is 32.1 Å². The van der Waals surface area contributed by atoms with Gasteiger partial charge in [0.05, 0.1) is 22.4 Å². The number of rotatable bonds is 6. The van der Waals surface area contributed by atoms with Gasteiger partial charge in [-0.25, -0.2) is 0 Å². The van der Waals surface area contributed by atoms with Gasteiger partial charge in [-0.05, 0) is 120 Å². The lowest BCUT2D eigenvalue weighted by Gasteiger charge is -2.42. The minimum absolute atomic E-state index is 0.198. The van der Waals surface area contributed by atoms with Gasteiger partial charge < -0.3 is 14.4 Å². The van der Waals surface area contributed by atoms with E-state index in [0.29, 0.717) is 0 Å². The van der Waals surface area contributed by atoms with E-state index in [0.717, 1.165) is 29.9 Å². The van der Waals surface area contributed by atoms with Gasteiger partial charge in [-0.15, -0.1) is 0 Å². The van der Waals surface area contributed by atoms with Crippen LogP contribution in [-0.4, -0.2) is 4.57 Å². The molecule has 260 valence electrons. The van der Waals surface area contributed by atoms with E-state index < -0.39 is 0 Å². The minimum Gasteiger partial charge on any atom is -0.313 e. The first-order valence-corrected chi connectivity index (χ1v) is 19.0. The van der Waals surface area contributed by atoms with Gasteiger partial charge in [0.2, 0.25) is 0 Å². The molecule has 7 aromatic carbocycles. The van der Waals surface area contributed by atoms with Crippen LogP contribution in [0.25, 0.3) is 38.6 Å². The van der Waals surface area contributed by atoms with E-state index in [2.05, 4.69) is 216 Å². The SMILES string of the molecule is CC1(C)c2ccccc2N(c2ccc3c(c2)c2ccccc2n3C2=CC=CCC2)c2ccc(-c3ccc(N(c4ccccc4)c4ccccc4)cc3)cc21. The van der Waals surface area contributed by atoms with Crippen LogP contribution in [0, 0.1) is 0 Å². The van der Waals surface area contributed by atoms with E-state index in [4.69, 9.17) is 0 Å². The molecule has 3 nitrogen and oxygen atoms in total. The summed E-state index contributed by atoms with van der Waals surface area (Å²) in [5.74, 6) is 0. The van der Waals surface area contributed by atoms with Crippen molar-refractivity contribution in [2.75, 3.05) is 9.80 Å². The third kappa shape index (κ3) is 5.19. The lowest BCUT2D eigenvalue weighted by atomic mass is 9.73. The zero-order chi connectivity index (χ0) is 36.2. The fraction of sp³-hybridized carbons (Fsp3) is 0.0980. The van der Waals surface area contributed by atoms with Crippen LogP contribution in [-0.2, 0) is 5.41 Å². The van der Waals surface area contributed by atoms with Gasteiger partial charge in [0.15, 0.2) is 0 Å². The number of hydrogen-bond donors (Lipinski definition) is 0. The van der Waals surface area contributed by atoms with Crippen LogP contribution < -0.4 is 9.80 Å². The number of hydrogen-bond acceptors (Lipinski definition) is 2. The summed E-state index contributed by atoms with van der Waals surface area (Å²) in [6, 6.07) is 62.1. The van der Waals surface area contributed by atoms with Crippen LogP contribution >= 0.6 is 0 Å². The van der Waals surface area contributed by atoms with Crippen molar-refractivity contribution in [3.8, 4) is 11.1 Å². The van der Waals surface area contributed by atoms with Crippen molar-refractivity contribution >= 4 is 61.6 Å². The van der Waals surface area contributed by atoms with Gasteiger partial charge in [-0.2, -0.15) is 0 Å². The van der Waals surface area contributed by atoms with Crippen molar-refractivity contribution in [3.05, 3.63) is 199 Å². The Morgan fingerprint density at radius 3 is 1.89 bits per heavy atom. The molecular formula is C51H41N3. The third-order valence-corrected chi connectivity index (χ3v) is 11.4. The van der Waals surface area contributed by atoms with Crippen molar-refractivity contribution in [3.63, 3.8) is 0 Å². The predicted molar refractivity (Wildman–Crippen MR) is 229 cm³/mol. The normalized spacial score (nSPS) is 14.5. The zero-order valence-electron chi connectivity index (χ0n) is 30.7. The Morgan fingerprint density at radius 1 is 0.519 bits per heavy atom. The Labute approximate surface area is 317 Å². The molecule has 3 heteroatoms. The largest absolute Gasteiger partial charge is 0.313 e. The zero-order valence-corrected chi connectivity index (χ0v) is 30.7. The molecule has 54 heavy (non-hydrogen) atoms. The summed E-state index contributed by atoms with van der Waals surface area (Å²) in [4.78, 5) is 4.79. The van der Waals surface area contributed by atoms with Crippen LogP contribution in [0.5, 0.6) is 0 Å². The molecule has 1 aliphatic carbocycles. The standard InChI is InChI=1S/C51H41N3/c1-51(2)45-23-13-15-25-49(45)54(42-31-33-48-44(35-42)43-22-12-14-24-47(43)53(48)40-20-10-5-11-21-40)50-32-28-37(34-46(50)51)36-26-29-41(30-27-36)52(38-16-6-3-7-17-38)39-18-8-4-9-19-39/h3-10,12-20,22-35H,11,21H2,1-2H3. The van der Waals surface area contributed by atoms with Crippen LogP contribution in [0.3, 0.4) is 0 Å². The van der Waals surface area contributed by atoms with Gasteiger partial charge in [-0.1, -0.05) is 117 Å². The minimum atomic E-state index is -0.198. The number of anilines is 6. The Morgan fingerprint density at radius 2 is 1.15 bits per heavy atom. The number of para-hydroxylation sites is 4. The second-order valence-corrected chi connectivity index (χ2v) is 14.9. The van der Waals surface area contributed by atoms with Crippen LogP contribution in [0.4, 0.5) is 34.1 Å². The molecule has 0 amide bonds. The molecule has 0 spiro atoms. The Kier molecular flexibility index (Phi) is 7.62. The van der Waals surface area contributed by atoms with Crippen LogP contribution in [0.15, 0.2) is 188 Å². The molecule has 0 N–H and O–H groups in total. The lowest BCUT2D eigenvalue weighted by Crippen LogP contribution is -2.30. The molecular weight excluding hydrogens is 655 g/mol. The monoisotopic (exact) mass is 695 g/mol. The summed E-state index contributed by atoms with van der Waals surface area (Å²) in [5, 5.41) is 2.56. The highest BCUT2D eigenvalue weighted by atomic mass is 15.2. The van der Waals surface area contributed by atoms with Crippen molar-refractivity contribution in [1.29, 1.82) is 0 Å². The van der Waals surface area contributed by atoms with E-state index in [9.17, 15) is 0 Å². The average molecular weight is 696 g/mol. The van der Waals surface area contributed by atoms with Crippen molar-refractivity contribution in [2.24, 2.45) is 0 Å². The lowest BCUT2D eigenvalue weighted by molar-refractivity contribution is 0.632. The molecule has 1 aromatic heterocycles. The number of aromatic nitrogens is 1. The summed E-state index contributed by atoms with van der Waals surface area (Å²) in [6.45, 7) is 4.74. The molecule has 10 rings (SSSR count). The summed E-state index contributed by atoms with van der Waals surface area (Å²) < 4.78 is 2.47. The first-order valence-electron chi connectivity index (χ1n) is 19.0. The highest BCUT2D eigenvalue weighted by Crippen LogP contribution is 2.53. The van der Waals surface area contributed by atoms with Crippen molar-refractivity contribution in [1.82, 2.24) is 4.57 Å².